The molecule has 3 rings (SSSR count). The molecule has 1 fully saturated rings. The van der Waals surface area contributed by atoms with Crippen LogP contribution in [0.5, 0.6) is 0 Å². The minimum absolute atomic E-state index is 0.177. The molecule has 1 saturated carbocycles. The quantitative estimate of drug-likeness (QED) is 0.895. The Labute approximate surface area is 146 Å². The van der Waals surface area contributed by atoms with E-state index in [1.54, 1.807) is 36.4 Å². The molecule has 0 radical (unpaired) electrons. The highest BCUT2D eigenvalue weighted by Gasteiger charge is 2.61. The third kappa shape index (κ3) is 2.82. The van der Waals surface area contributed by atoms with Gasteiger partial charge in [0.25, 0.3) is 0 Å². The van der Waals surface area contributed by atoms with E-state index in [2.05, 4.69) is 5.32 Å². The number of nitrogens with one attached hydrogen (secondary N) is 1. The zero-order valence-corrected chi connectivity index (χ0v) is 15.0. The molecular formula is C18H18ClNO3S. The van der Waals surface area contributed by atoms with E-state index in [9.17, 15) is 13.2 Å². The summed E-state index contributed by atoms with van der Waals surface area (Å²) in [5.74, 6) is -0.520. The van der Waals surface area contributed by atoms with Gasteiger partial charge in [0.15, 0.2) is 14.6 Å². The Bertz CT molecular complexity index is 900. The van der Waals surface area contributed by atoms with Gasteiger partial charge in [-0.2, -0.15) is 0 Å². The SMILES string of the molecule is Cc1ccc(S(=O)(=O)C2(C(=O)Nc3ccc(C)cc3Cl)CC2)cc1. The smallest absolute Gasteiger partial charge is 0.246 e. The van der Waals surface area contributed by atoms with Crippen molar-refractivity contribution in [3.63, 3.8) is 0 Å². The molecule has 126 valence electrons. The Hall–Kier alpha value is -1.85. The summed E-state index contributed by atoms with van der Waals surface area (Å²) >= 11 is 6.13. The second-order valence-corrected chi connectivity index (χ2v) is 8.92. The molecule has 6 heteroatoms. The van der Waals surface area contributed by atoms with Gasteiger partial charge in [-0.05, 0) is 56.5 Å². The van der Waals surface area contributed by atoms with Crippen LogP contribution in [-0.2, 0) is 14.6 Å². The summed E-state index contributed by atoms with van der Waals surface area (Å²) in [6.45, 7) is 3.77. The minimum Gasteiger partial charge on any atom is -0.323 e. The summed E-state index contributed by atoms with van der Waals surface area (Å²) in [5, 5.41) is 3.07. The van der Waals surface area contributed by atoms with E-state index in [1.165, 1.54) is 0 Å². The molecule has 2 aromatic carbocycles. The van der Waals surface area contributed by atoms with Gasteiger partial charge in [0.2, 0.25) is 5.91 Å². The van der Waals surface area contributed by atoms with Crippen LogP contribution in [0.2, 0.25) is 5.02 Å². The summed E-state index contributed by atoms with van der Waals surface area (Å²) in [6, 6.07) is 11.8. The average Bonchev–Trinajstić information content (AvgIpc) is 3.32. The summed E-state index contributed by atoms with van der Waals surface area (Å²) in [4.78, 5) is 12.8. The first kappa shape index (κ1) is 17.0. The van der Waals surface area contributed by atoms with Crippen LogP contribution in [0.25, 0.3) is 0 Å². The van der Waals surface area contributed by atoms with E-state index in [4.69, 9.17) is 11.6 Å². The Morgan fingerprint density at radius 1 is 1.04 bits per heavy atom. The molecule has 0 aliphatic heterocycles. The second kappa shape index (κ2) is 5.90. The molecule has 24 heavy (non-hydrogen) atoms. The number of carbonyl (C=O) groups is 1. The maximum atomic E-state index is 12.9. The molecule has 0 spiro atoms. The first-order valence-electron chi connectivity index (χ1n) is 7.65. The highest BCUT2D eigenvalue weighted by Crippen LogP contribution is 2.47. The molecule has 0 saturated heterocycles. The van der Waals surface area contributed by atoms with Crippen LogP contribution in [0, 0.1) is 13.8 Å². The predicted molar refractivity (Wildman–Crippen MR) is 95.1 cm³/mol. The third-order valence-electron chi connectivity index (χ3n) is 4.34. The topological polar surface area (TPSA) is 63.2 Å². The fourth-order valence-electron chi connectivity index (χ4n) is 2.63. The van der Waals surface area contributed by atoms with E-state index in [1.807, 2.05) is 19.9 Å². The normalized spacial score (nSPS) is 15.8. The molecule has 0 unspecified atom stereocenters. The molecule has 0 atom stereocenters. The van der Waals surface area contributed by atoms with Crippen molar-refractivity contribution < 1.29 is 13.2 Å². The van der Waals surface area contributed by atoms with E-state index >= 15 is 0 Å². The van der Waals surface area contributed by atoms with Crippen LogP contribution in [0.1, 0.15) is 24.0 Å². The largest absolute Gasteiger partial charge is 0.323 e. The van der Waals surface area contributed by atoms with Crippen LogP contribution < -0.4 is 5.32 Å². The van der Waals surface area contributed by atoms with Crippen molar-refractivity contribution in [1.82, 2.24) is 0 Å². The maximum absolute atomic E-state index is 12.9. The molecule has 1 N–H and O–H groups in total. The van der Waals surface area contributed by atoms with Gasteiger partial charge in [0, 0.05) is 0 Å². The van der Waals surface area contributed by atoms with Gasteiger partial charge in [-0.25, -0.2) is 8.42 Å². The van der Waals surface area contributed by atoms with Gasteiger partial charge >= 0.3 is 0 Å². The van der Waals surface area contributed by atoms with E-state index in [0.29, 0.717) is 23.6 Å². The number of benzene rings is 2. The van der Waals surface area contributed by atoms with Crippen molar-refractivity contribution >= 4 is 33.0 Å². The maximum Gasteiger partial charge on any atom is 0.246 e. The number of amides is 1. The highest BCUT2D eigenvalue weighted by molar-refractivity contribution is 7.94. The Balaban J connectivity index is 1.90. The van der Waals surface area contributed by atoms with Gasteiger partial charge in [-0.15, -0.1) is 0 Å². The number of sulfone groups is 1. The Kier molecular flexibility index (Phi) is 4.18. The van der Waals surface area contributed by atoms with Crippen LogP contribution in [0.3, 0.4) is 0 Å². The van der Waals surface area contributed by atoms with Crippen molar-refractivity contribution in [1.29, 1.82) is 0 Å². The van der Waals surface area contributed by atoms with Gasteiger partial charge in [-0.1, -0.05) is 35.4 Å². The second-order valence-electron chi connectivity index (χ2n) is 6.25. The number of aryl methyl sites for hydroxylation is 2. The highest BCUT2D eigenvalue weighted by atomic mass is 35.5. The van der Waals surface area contributed by atoms with Gasteiger partial charge in [0.05, 0.1) is 15.6 Å². The lowest BCUT2D eigenvalue weighted by atomic mass is 10.2. The zero-order chi connectivity index (χ0) is 17.5. The summed E-state index contributed by atoms with van der Waals surface area (Å²) in [6.07, 6.45) is 0.636. The average molecular weight is 364 g/mol. The molecule has 2 aromatic rings. The van der Waals surface area contributed by atoms with Crippen LogP contribution in [0.15, 0.2) is 47.4 Å². The van der Waals surface area contributed by atoms with Crippen molar-refractivity contribution in [3.05, 3.63) is 58.6 Å². The molecule has 0 aromatic heterocycles. The van der Waals surface area contributed by atoms with E-state index < -0.39 is 20.5 Å². The monoisotopic (exact) mass is 363 g/mol. The molecule has 1 amide bonds. The van der Waals surface area contributed by atoms with E-state index in [-0.39, 0.29) is 4.90 Å². The number of anilines is 1. The number of rotatable bonds is 4. The number of hydrogen-bond acceptors (Lipinski definition) is 3. The van der Waals surface area contributed by atoms with Gasteiger partial charge in [0.1, 0.15) is 0 Å². The van der Waals surface area contributed by atoms with Crippen molar-refractivity contribution in [2.75, 3.05) is 5.32 Å². The van der Waals surface area contributed by atoms with Crippen molar-refractivity contribution in [2.45, 2.75) is 36.3 Å². The lowest BCUT2D eigenvalue weighted by molar-refractivity contribution is -0.116. The fourth-order valence-corrected chi connectivity index (χ4v) is 4.79. The van der Waals surface area contributed by atoms with Crippen LogP contribution in [0.4, 0.5) is 5.69 Å². The van der Waals surface area contributed by atoms with Crippen LogP contribution in [-0.4, -0.2) is 19.1 Å². The van der Waals surface area contributed by atoms with Gasteiger partial charge in [-0.3, -0.25) is 4.79 Å². The first-order valence-corrected chi connectivity index (χ1v) is 9.51. The number of halogens is 1. The lowest BCUT2D eigenvalue weighted by Crippen LogP contribution is -2.37. The van der Waals surface area contributed by atoms with Crippen molar-refractivity contribution in [2.24, 2.45) is 0 Å². The molecule has 0 bridgehead atoms. The molecule has 4 nitrogen and oxygen atoms in total. The van der Waals surface area contributed by atoms with Gasteiger partial charge < -0.3 is 5.32 Å². The zero-order valence-electron chi connectivity index (χ0n) is 13.5. The Morgan fingerprint density at radius 3 is 2.17 bits per heavy atom. The standard InChI is InChI=1S/C18H18ClNO3S/c1-12-3-6-14(7-4-12)24(22,23)18(9-10-18)17(21)20-16-8-5-13(2)11-15(16)19/h3-8,11H,9-10H2,1-2H3,(H,20,21). The third-order valence-corrected chi connectivity index (χ3v) is 7.16. The fraction of sp³-hybridized carbons (Fsp3) is 0.278. The first-order chi connectivity index (χ1) is 11.3. The summed E-state index contributed by atoms with van der Waals surface area (Å²) in [5.41, 5.74) is 2.36. The number of carbonyl (C=O) groups excluding carboxylic acids is 1. The molecule has 1 aliphatic rings. The predicted octanol–water partition coefficient (Wildman–Crippen LogP) is 3.90. The van der Waals surface area contributed by atoms with E-state index in [0.717, 1.165) is 11.1 Å². The Morgan fingerprint density at radius 2 is 1.62 bits per heavy atom. The lowest BCUT2D eigenvalue weighted by Gasteiger charge is -2.17. The van der Waals surface area contributed by atoms with Crippen LogP contribution >= 0.6 is 11.6 Å². The molecular weight excluding hydrogens is 346 g/mol. The molecule has 0 heterocycles. The molecule has 1 aliphatic carbocycles. The summed E-state index contributed by atoms with van der Waals surface area (Å²) in [7, 11) is -3.74. The summed E-state index contributed by atoms with van der Waals surface area (Å²) < 4.78 is 24.4. The minimum atomic E-state index is -3.74. The van der Waals surface area contributed by atoms with Crippen molar-refractivity contribution in [3.8, 4) is 0 Å². The number of hydrogen-bond donors (Lipinski definition) is 1.